The van der Waals surface area contributed by atoms with Gasteiger partial charge in [-0.3, -0.25) is 4.72 Å². The van der Waals surface area contributed by atoms with Gasteiger partial charge in [-0.2, -0.15) is 0 Å². The van der Waals surface area contributed by atoms with Gasteiger partial charge in [-0.25, -0.2) is 8.42 Å². The van der Waals surface area contributed by atoms with E-state index in [1.165, 1.54) is 17.5 Å². The van der Waals surface area contributed by atoms with E-state index in [0.717, 1.165) is 10.4 Å². The fourth-order valence-corrected chi connectivity index (χ4v) is 5.80. The molecule has 0 radical (unpaired) electrons. The van der Waals surface area contributed by atoms with Crippen LogP contribution in [0.25, 0.3) is 11.3 Å². The first-order valence-corrected chi connectivity index (χ1v) is 9.77. The average molecular weight is 383 g/mol. The number of nitrogens with one attached hydrogen (secondary N) is 1. The van der Waals surface area contributed by atoms with Crippen LogP contribution in [0.2, 0.25) is 5.02 Å². The lowest BCUT2D eigenvalue weighted by Gasteiger charge is -2.11. The molecular formula is C16H15ClN2O3S2. The fourth-order valence-electron chi connectivity index (χ4n) is 2.52. The van der Waals surface area contributed by atoms with E-state index in [-0.39, 0.29) is 4.90 Å². The molecule has 0 aliphatic heterocycles. The SMILES string of the molecule is Cc1ccc(NS(=O)(=O)c2c(C)sc(C)c2-c2ccno2)c(Cl)c1. The number of anilines is 1. The molecule has 1 N–H and O–H groups in total. The zero-order valence-corrected chi connectivity index (χ0v) is 15.6. The van der Waals surface area contributed by atoms with Crippen LogP contribution in [0, 0.1) is 20.8 Å². The topological polar surface area (TPSA) is 72.2 Å². The molecule has 3 rings (SSSR count). The van der Waals surface area contributed by atoms with Gasteiger partial charge in [-0.15, -0.1) is 11.3 Å². The number of benzene rings is 1. The Kier molecular flexibility index (Phi) is 4.42. The summed E-state index contributed by atoms with van der Waals surface area (Å²) in [5.41, 5.74) is 1.83. The summed E-state index contributed by atoms with van der Waals surface area (Å²) in [6.45, 7) is 5.51. The number of rotatable bonds is 4. The molecule has 0 aliphatic carbocycles. The molecule has 2 aromatic heterocycles. The first kappa shape index (κ1) is 17.0. The Bertz CT molecular complexity index is 993. The largest absolute Gasteiger partial charge is 0.356 e. The summed E-state index contributed by atoms with van der Waals surface area (Å²) >= 11 is 7.55. The molecule has 0 amide bonds. The third-order valence-corrected chi connectivity index (χ3v) is 6.53. The van der Waals surface area contributed by atoms with Crippen molar-refractivity contribution in [2.45, 2.75) is 25.7 Å². The van der Waals surface area contributed by atoms with Crippen LogP contribution in [0.5, 0.6) is 0 Å². The van der Waals surface area contributed by atoms with Crippen LogP contribution in [-0.2, 0) is 10.0 Å². The number of aryl methyl sites for hydroxylation is 3. The van der Waals surface area contributed by atoms with E-state index in [1.807, 2.05) is 13.8 Å². The third kappa shape index (κ3) is 3.07. The quantitative estimate of drug-likeness (QED) is 0.704. The van der Waals surface area contributed by atoms with Crippen molar-refractivity contribution in [2.24, 2.45) is 0 Å². The molecule has 0 unspecified atom stereocenters. The minimum absolute atomic E-state index is 0.193. The zero-order chi connectivity index (χ0) is 17.5. The molecule has 1 aromatic carbocycles. The van der Waals surface area contributed by atoms with E-state index in [0.29, 0.717) is 26.9 Å². The van der Waals surface area contributed by atoms with Gasteiger partial charge in [0.2, 0.25) is 0 Å². The summed E-state index contributed by atoms with van der Waals surface area (Å²) in [5, 5.41) is 4.02. The van der Waals surface area contributed by atoms with Crippen LogP contribution in [-0.4, -0.2) is 13.6 Å². The van der Waals surface area contributed by atoms with Gasteiger partial charge in [0.1, 0.15) is 4.90 Å². The molecule has 3 aromatic rings. The number of thiophene rings is 1. The summed E-state index contributed by atoms with van der Waals surface area (Å²) in [6, 6.07) is 6.81. The van der Waals surface area contributed by atoms with Crippen molar-refractivity contribution in [3.63, 3.8) is 0 Å². The first-order valence-electron chi connectivity index (χ1n) is 7.09. The lowest BCUT2D eigenvalue weighted by atomic mass is 10.2. The number of hydrogen-bond donors (Lipinski definition) is 1. The number of nitrogens with zero attached hydrogens (tertiary/aromatic N) is 1. The zero-order valence-electron chi connectivity index (χ0n) is 13.3. The molecule has 0 saturated carbocycles. The molecule has 5 nitrogen and oxygen atoms in total. The Hall–Kier alpha value is -1.83. The lowest BCUT2D eigenvalue weighted by Crippen LogP contribution is -2.14. The van der Waals surface area contributed by atoms with Crippen molar-refractivity contribution in [3.8, 4) is 11.3 Å². The van der Waals surface area contributed by atoms with Crippen LogP contribution in [0.15, 0.2) is 39.9 Å². The summed E-state index contributed by atoms with van der Waals surface area (Å²) < 4.78 is 33.7. The van der Waals surface area contributed by atoms with E-state index in [1.54, 1.807) is 31.2 Å². The molecule has 8 heteroatoms. The second kappa shape index (κ2) is 6.23. The minimum atomic E-state index is -3.83. The predicted molar refractivity (Wildman–Crippen MR) is 96.3 cm³/mol. The van der Waals surface area contributed by atoms with E-state index < -0.39 is 10.0 Å². The molecule has 24 heavy (non-hydrogen) atoms. The molecule has 0 fully saturated rings. The lowest BCUT2D eigenvalue weighted by molar-refractivity contribution is 0.431. The summed E-state index contributed by atoms with van der Waals surface area (Å²) in [5.74, 6) is 0.423. The third-order valence-electron chi connectivity index (χ3n) is 3.53. The normalized spacial score (nSPS) is 11.7. The van der Waals surface area contributed by atoms with Gasteiger partial charge < -0.3 is 4.52 Å². The Morgan fingerprint density at radius 1 is 1.17 bits per heavy atom. The maximum atomic E-state index is 13.0. The highest BCUT2D eigenvalue weighted by molar-refractivity contribution is 7.93. The van der Waals surface area contributed by atoms with Gasteiger partial charge in [-0.1, -0.05) is 22.8 Å². The molecule has 2 heterocycles. The average Bonchev–Trinajstić information content (AvgIpc) is 3.09. The van der Waals surface area contributed by atoms with E-state index in [4.69, 9.17) is 16.1 Å². The Morgan fingerprint density at radius 3 is 2.54 bits per heavy atom. The number of sulfonamides is 1. The molecule has 0 aliphatic rings. The number of halogens is 1. The van der Waals surface area contributed by atoms with Gasteiger partial charge in [0.25, 0.3) is 10.0 Å². The van der Waals surface area contributed by atoms with E-state index >= 15 is 0 Å². The Morgan fingerprint density at radius 2 is 1.92 bits per heavy atom. The molecule has 126 valence electrons. The van der Waals surface area contributed by atoms with Crippen LogP contribution in [0.3, 0.4) is 0 Å². The monoisotopic (exact) mass is 382 g/mol. The maximum absolute atomic E-state index is 13.0. The first-order chi connectivity index (χ1) is 11.3. The summed E-state index contributed by atoms with van der Waals surface area (Å²) in [6.07, 6.45) is 1.49. The minimum Gasteiger partial charge on any atom is -0.356 e. The smallest absolute Gasteiger partial charge is 0.263 e. The molecular weight excluding hydrogens is 368 g/mol. The highest BCUT2D eigenvalue weighted by Gasteiger charge is 2.28. The van der Waals surface area contributed by atoms with Gasteiger partial charge in [-0.05, 0) is 38.5 Å². The predicted octanol–water partition coefficient (Wildman–Crippen LogP) is 4.78. The highest BCUT2D eigenvalue weighted by Crippen LogP contribution is 2.40. The fraction of sp³-hybridized carbons (Fsp3) is 0.188. The molecule has 0 saturated heterocycles. The second-order valence-electron chi connectivity index (χ2n) is 5.38. The van der Waals surface area contributed by atoms with Crippen molar-refractivity contribution in [3.05, 3.63) is 50.8 Å². The number of aromatic nitrogens is 1. The van der Waals surface area contributed by atoms with Crippen molar-refractivity contribution in [2.75, 3.05) is 4.72 Å². The van der Waals surface area contributed by atoms with Crippen LogP contribution >= 0.6 is 22.9 Å². The van der Waals surface area contributed by atoms with Crippen molar-refractivity contribution in [1.29, 1.82) is 0 Å². The Balaban J connectivity index is 2.11. The van der Waals surface area contributed by atoms with Crippen molar-refractivity contribution in [1.82, 2.24) is 5.16 Å². The van der Waals surface area contributed by atoms with Crippen LogP contribution in [0.4, 0.5) is 5.69 Å². The van der Waals surface area contributed by atoms with Gasteiger partial charge in [0.05, 0.1) is 22.5 Å². The summed E-state index contributed by atoms with van der Waals surface area (Å²) in [4.78, 5) is 1.72. The van der Waals surface area contributed by atoms with Gasteiger partial charge in [0, 0.05) is 15.8 Å². The summed E-state index contributed by atoms with van der Waals surface area (Å²) in [7, 11) is -3.83. The van der Waals surface area contributed by atoms with E-state index in [2.05, 4.69) is 9.88 Å². The van der Waals surface area contributed by atoms with E-state index in [9.17, 15) is 8.42 Å². The molecule has 0 spiro atoms. The number of hydrogen-bond acceptors (Lipinski definition) is 5. The van der Waals surface area contributed by atoms with Crippen molar-refractivity contribution < 1.29 is 12.9 Å². The maximum Gasteiger partial charge on any atom is 0.263 e. The molecule has 0 atom stereocenters. The van der Waals surface area contributed by atoms with Crippen LogP contribution < -0.4 is 4.72 Å². The second-order valence-corrected chi connectivity index (χ2v) is 8.84. The van der Waals surface area contributed by atoms with Gasteiger partial charge >= 0.3 is 0 Å². The molecule has 0 bridgehead atoms. The standard InChI is InChI=1S/C16H15ClN2O3S2/c1-9-4-5-13(12(17)8-9)19-24(20,21)16-11(3)23-10(2)15(16)14-6-7-18-22-14/h4-8,19H,1-3H3. The van der Waals surface area contributed by atoms with Crippen molar-refractivity contribution >= 4 is 38.6 Å². The Labute approximate surface area is 149 Å². The van der Waals surface area contributed by atoms with Gasteiger partial charge in [0.15, 0.2) is 5.76 Å². The highest BCUT2D eigenvalue weighted by atomic mass is 35.5. The van der Waals surface area contributed by atoms with Crippen LogP contribution in [0.1, 0.15) is 15.3 Å².